The van der Waals surface area contributed by atoms with E-state index in [0.29, 0.717) is 5.92 Å². The monoisotopic (exact) mass is 242 g/mol. The number of halogens is 1. The van der Waals surface area contributed by atoms with Gasteiger partial charge < -0.3 is 11.5 Å². The molecule has 1 aromatic rings. The van der Waals surface area contributed by atoms with Gasteiger partial charge in [-0.05, 0) is 36.4 Å². The first kappa shape index (κ1) is 15.4. The first-order valence-electron chi connectivity index (χ1n) is 5.70. The van der Waals surface area contributed by atoms with E-state index in [4.69, 9.17) is 11.5 Å². The van der Waals surface area contributed by atoms with Crippen LogP contribution in [0.3, 0.4) is 0 Å². The van der Waals surface area contributed by atoms with Crippen LogP contribution in [0.15, 0.2) is 24.3 Å². The summed E-state index contributed by atoms with van der Waals surface area (Å²) in [6, 6.07) is 8.74. The molecule has 0 aromatic heterocycles. The third-order valence-corrected chi connectivity index (χ3v) is 2.75. The minimum Gasteiger partial charge on any atom is -0.330 e. The summed E-state index contributed by atoms with van der Waals surface area (Å²) in [5, 5.41) is 0. The van der Waals surface area contributed by atoms with Crippen molar-refractivity contribution in [2.45, 2.75) is 38.6 Å². The average molecular weight is 243 g/mol. The summed E-state index contributed by atoms with van der Waals surface area (Å²) in [7, 11) is 0. The summed E-state index contributed by atoms with van der Waals surface area (Å²) in [4.78, 5) is 0. The van der Waals surface area contributed by atoms with E-state index in [1.54, 1.807) is 0 Å². The highest BCUT2D eigenvalue weighted by Crippen LogP contribution is 2.19. The fraction of sp³-hybridized carbons (Fsp3) is 0.538. The number of nitrogens with two attached hydrogens (primary N) is 2. The Morgan fingerprint density at radius 3 is 2.00 bits per heavy atom. The van der Waals surface area contributed by atoms with Gasteiger partial charge in [-0.2, -0.15) is 0 Å². The Morgan fingerprint density at radius 2 is 1.56 bits per heavy atom. The van der Waals surface area contributed by atoms with E-state index in [0.717, 1.165) is 19.4 Å². The second-order valence-corrected chi connectivity index (χ2v) is 4.36. The molecule has 0 saturated heterocycles. The molecule has 0 aliphatic heterocycles. The van der Waals surface area contributed by atoms with Crippen molar-refractivity contribution < 1.29 is 0 Å². The lowest BCUT2D eigenvalue weighted by Crippen LogP contribution is -2.12. The highest BCUT2D eigenvalue weighted by atomic mass is 35.5. The molecule has 0 amide bonds. The molecule has 1 atom stereocenters. The molecule has 0 aliphatic carbocycles. The van der Waals surface area contributed by atoms with Gasteiger partial charge in [-0.1, -0.05) is 38.1 Å². The van der Waals surface area contributed by atoms with E-state index in [2.05, 4.69) is 38.1 Å². The zero-order chi connectivity index (χ0) is 11.3. The molecule has 3 heteroatoms. The zero-order valence-electron chi connectivity index (χ0n) is 10.1. The Balaban J connectivity index is 0.00000225. The van der Waals surface area contributed by atoms with Crippen LogP contribution in [0.2, 0.25) is 0 Å². The quantitative estimate of drug-likeness (QED) is 0.834. The van der Waals surface area contributed by atoms with Crippen LogP contribution in [-0.4, -0.2) is 6.54 Å². The minimum absolute atomic E-state index is 0. The second-order valence-electron chi connectivity index (χ2n) is 4.36. The molecule has 1 rings (SSSR count). The van der Waals surface area contributed by atoms with Crippen LogP contribution < -0.4 is 11.5 Å². The van der Waals surface area contributed by atoms with Gasteiger partial charge in [-0.3, -0.25) is 0 Å². The van der Waals surface area contributed by atoms with E-state index in [-0.39, 0.29) is 18.4 Å². The summed E-state index contributed by atoms with van der Waals surface area (Å²) in [6.45, 7) is 5.12. The van der Waals surface area contributed by atoms with Crippen molar-refractivity contribution in [3.63, 3.8) is 0 Å². The van der Waals surface area contributed by atoms with Crippen molar-refractivity contribution in [1.82, 2.24) is 0 Å². The van der Waals surface area contributed by atoms with Crippen molar-refractivity contribution in [2.24, 2.45) is 11.5 Å². The van der Waals surface area contributed by atoms with Gasteiger partial charge in [0.15, 0.2) is 0 Å². The number of hydrogen-bond acceptors (Lipinski definition) is 2. The maximum atomic E-state index is 6.05. The molecule has 16 heavy (non-hydrogen) atoms. The summed E-state index contributed by atoms with van der Waals surface area (Å²) in [6.07, 6.45) is 1.96. The maximum absolute atomic E-state index is 6.05. The molecule has 0 radical (unpaired) electrons. The van der Waals surface area contributed by atoms with Gasteiger partial charge in [-0.15, -0.1) is 12.4 Å². The number of benzene rings is 1. The molecule has 1 aromatic carbocycles. The van der Waals surface area contributed by atoms with Crippen LogP contribution in [0.4, 0.5) is 0 Å². The maximum Gasteiger partial charge on any atom is 0.0295 e. The van der Waals surface area contributed by atoms with Gasteiger partial charge in [0.2, 0.25) is 0 Å². The van der Waals surface area contributed by atoms with E-state index in [9.17, 15) is 0 Å². The highest BCUT2D eigenvalue weighted by Gasteiger charge is 2.05. The lowest BCUT2D eigenvalue weighted by atomic mass is 9.97. The Bertz CT molecular complexity index is 282. The van der Waals surface area contributed by atoms with Crippen molar-refractivity contribution >= 4 is 12.4 Å². The van der Waals surface area contributed by atoms with Gasteiger partial charge >= 0.3 is 0 Å². The first-order valence-corrected chi connectivity index (χ1v) is 5.70. The van der Waals surface area contributed by atoms with Crippen LogP contribution >= 0.6 is 12.4 Å². The predicted octanol–water partition coefficient (Wildman–Crippen LogP) is 2.97. The van der Waals surface area contributed by atoms with Crippen molar-refractivity contribution in [3.8, 4) is 0 Å². The molecular formula is C13H23ClN2. The highest BCUT2D eigenvalue weighted by molar-refractivity contribution is 5.85. The Morgan fingerprint density at radius 1 is 1.06 bits per heavy atom. The summed E-state index contributed by atoms with van der Waals surface area (Å²) >= 11 is 0. The first-order chi connectivity index (χ1) is 7.15. The van der Waals surface area contributed by atoms with Crippen LogP contribution in [0, 0.1) is 0 Å². The summed E-state index contributed by atoms with van der Waals surface area (Å²) in [5.41, 5.74) is 14.1. The third-order valence-electron chi connectivity index (χ3n) is 2.75. The summed E-state index contributed by atoms with van der Waals surface area (Å²) < 4.78 is 0. The Kier molecular flexibility index (Phi) is 7.39. The van der Waals surface area contributed by atoms with Gasteiger partial charge in [0.05, 0.1) is 0 Å². The second kappa shape index (κ2) is 7.66. The van der Waals surface area contributed by atoms with E-state index < -0.39 is 0 Å². The molecule has 92 valence electrons. The lowest BCUT2D eigenvalue weighted by molar-refractivity contribution is 0.617. The lowest BCUT2D eigenvalue weighted by Gasteiger charge is -2.13. The molecule has 4 N–H and O–H groups in total. The number of hydrogen-bond donors (Lipinski definition) is 2. The number of rotatable bonds is 5. The SMILES string of the molecule is CC(C)c1ccc([C@@H](N)CCCN)cc1.Cl. The van der Waals surface area contributed by atoms with E-state index >= 15 is 0 Å². The molecule has 0 fully saturated rings. The van der Waals surface area contributed by atoms with Crippen molar-refractivity contribution in [2.75, 3.05) is 6.54 Å². The molecular weight excluding hydrogens is 220 g/mol. The van der Waals surface area contributed by atoms with Crippen LogP contribution in [-0.2, 0) is 0 Å². The van der Waals surface area contributed by atoms with E-state index in [1.807, 2.05) is 0 Å². The molecule has 0 aliphatic rings. The minimum atomic E-state index is 0. The summed E-state index contributed by atoms with van der Waals surface area (Å²) in [5.74, 6) is 0.583. The van der Waals surface area contributed by atoms with E-state index in [1.165, 1.54) is 11.1 Å². The van der Waals surface area contributed by atoms with Gasteiger partial charge in [-0.25, -0.2) is 0 Å². The molecule has 0 saturated carbocycles. The predicted molar refractivity (Wildman–Crippen MR) is 73.0 cm³/mol. The van der Waals surface area contributed by atoms with Crippen molar-refractivity contribution in [3.05, 3.63) is 35.4 Å². The standard InChI is InChI=1S/C13H22N2.ClH/c1-10(2)11-5-7-12(8-6-11)13(15)4-3-9-14;/h5-8,10,13H,3-4,9,14-15H2,1-2H3;1H/t13-;/m0./s1. The molecule has 0 bridgehead atoms. The van der Waals surface area contributed by atoms with Gasteiger partial charge in [0.1, 0.15) is 0 Å². The van der Waals surface area contributed by atoms with Crippen molar-refractivity contribution in [1.29, 1.82) is 0 Å². The van der Waals surface area contributed by atoms with Crippen LogP contribution in [0.25, 0.3) is 0 Å². The van der Waals surface area contributed by atoms with Crippen LogP contribution in [0.1, 0.15) is 49.8 Å². The molecule has 0 unspecified atom stereocenters. The van der Waals surface area contributed by atoms with Crippen LogP contribution in [0.5, 0.6) is 0 Å². The Hall–Kier alpha value is -0.570. The fourth-order valence-corrected chi connectivity index (χ4v) is 1.63. The smallest absolute Gasteiger partial charge is 0.0295 e. The normalized spacial score (nSPS) is 12.3. The topological polar surface area (TPSA) is 52.0 Å². The Labute approximate surface area is 105 Å². The molecule has 0 spiro atoms. The largest absolute Gasteiger partial charge is 0.330 e. The third kappa shape index (κ3) is 4.52. The van der Waals surface area contributed by atoms with Gasteiger partial charge in [0.25, 0.3) is 0 Å². The molecule has 2 nitrogen and oxygen atoms in total. The fourth-order valence-electron chi connectivity index (χ4n) is 1.63. The van der Waals surface area contributed by atoms with Gasteiger partial charge in [0, 0.05) is 6.04 Å². The average Bonchev–Trinajstić information content (AvgIpc) is 2.26. The molecule has 0 heterocycles. The zero-order valence-corrected chi connectivity index (χ0v) is 11.0.